The standard InChI is InChI=1S/C21H19N3O4/c1-27-21(26)16-10-6-5-9-15(16)20(25)24-11-17(14-7-3-2-4-8-14)18(12-24)19-22-13-28-23-19/h2-10,13,17-18H,11-12H2,1H3/t17-,18+/m1/s1. The predicted molar refractivity (Wildman–Crippen MR) is 99.9 cm³/mol. The molecule has 1 aliphatic rings. The number of rotatable bonds is 4. The number of methoxy groups -OCH3 is 1. The summed E-state index contributed by atoms with van der Waals surface area (Å²) in [4.78, 5) is 31.2. The van der Waals surface area contributed by atoms with E-state index in [9.17, 15) is 9.59 Å². The van der Waals surface area contributed by atoms with Gasteiger partial charge < -0.3 is 14.2 Å². The third-order valence-electron chi connectivity index (χ3n) is 5.11. The number of esters is 1. The first-order valence-electron chi connectivity index (χ1n) is 8.97. The van der Waals surface area contributed by atoms with Crippen molar-refractivity contribution < 1.29 is 18.8 Å². The molecule has 2 heterocycles. The van der Waals surface area contributed by atoms with E-state index in [1.54, 1.807) is 29.2 Å². The number of carbonyl (C=O) groups is 2. The van der Waals surface area contributed by atoms with E-state index in [1.807, 2.05) is 30.3 Å². The lowest BCUT2D eigenvalue weighted by molar-refractivity contribution is 0.0592. The summed E-state index contributed by atoms with van der Waals surface area (Å²) in [7, 11) is 1.30. The van der Waals surface area contributed by atoms with Crippen LogP contribution in [0.1, 0.15) is 43.9 Å². The molecular weight excluding hydrogens is 358 g/mol. The normalized spacial score (nSPS) is 18.8. The average molecular weight is 377 g/mol. The number of benzene rings is 2. The fraction of sp³-hybridized carbons (Fsp3) is 0.238. The fourth-order valence-corrected chi connectivity index (χ4v) is 3.74. The van der Waals surface area contributed by atoms with Crippen LogP contribution in [0.25, 0.3) is 0 Å². The zero-order chi connectivity index (χ0) is 19.5. The van der Waals surface area contributed by atoms with Crippen LogP contribution in [0.15, 0.2) is 65.5 Å². The van der Waals surface area contributed by atoms with Crippen LogP contribution in [0.2, 0.25) is 0 Å². The van der Waals surface area contributed by atoms with Crippen LogP contribution in [0.3, 0.4) is 0 Å². The Morgan fingerprint density at radius 3 is 2.36 bits per heavy atom. The summed E-state index contributed by atoms with van der Waals surface area (Å²) in [6.45, 7) is 0.936. The Hall–Kier alpha value is -3.48. The molecule has 2 atom stereocenters. The van der Waals surface area contributed by atoms with Crippen LogP contribution in [-0.4, -0.2) is 47.1 Å². The molecule has 1 amide bonds. The Kier molecular flexibility index (Phi) is 4.89. The van der Waals surface area contributed by atoms with E-state index in [0.717, 1.165) is 5.56 Å². The van der Waals surface area contributed by atoms with Gasteiger partial charge in [0.05, 0.1) is 18.2 Å². The maximum Gasteiger partial charge on any atom is 0.338 e. The minimum absolute atomic E-state index is 0.0352. The van der Waals surface area contributed by atoms with Crippen LogP contribution in [-0.2, 0) is 4.74 Å². The lowest BCUT2D eigenvalue weighted by Crippen LogP contribution is -2.30. The van der Waals surface area contributed by atoms with Gasteiger partial charge in [-0.15, -0.1) is 0 Å². The molecule has 1 fully saturated rings. The molecule has 142 valence electrons. The number of nitrogens with zero attached hydrogens (tertiary/aromatic N) is 3. The van der Waals surface area contributed by atoms with E-state index in [4.69, 9.17) is 9.26 Å². The molecule has 1 aromatic heterocycles. The van der Waals surface area contributed by atoms with Gasteiger partial charge in [-0.3, -0.25) is 4.79 Å². The molecule has 1 saturated heterocycles. The Labute approximate surface area is 161 Å². The highest BCUT2D eigenvalue weighted by Gasteiger charge is 2.40. The van der Waals surface area contributed by atoms with Gasteiger partial charge in [0.25, 0.3) is 5.91 Å². The van der Waals surface area contributed by atoms with Crippen molar-refractivity contribution >= 4 is 11.9 Å². The summed E-state index contributed by atoms with van der Waals surface area (Å²) < 4.78 is 9.75. The second kappa shape index (κ2) is 7.64. The van der Waals surface area contributed by atoms with Gasteiger partial charge in [-0.2, -0.15) is 4.98 Å². The molecule has 2 aromatic carbocycles. The van der Waals surface area contributed by atoms with Crippen molar-refractivity contribution in [3.8, 4) is 0 Å². The Balaban J connectivity index is 1.66. The van der Waals surface area contributed by atoms with Crippen molar-refractivity contribution in [2.24, 2.45) is 0 Å². The van der Waals surface area contributed by atoms with E-state index in [0.29, 0.717) is 24.5 Å². The summed E-state index contributed by atoms with van der Waals surface area (Å²) in [5, 5.41) is 4.00. The SMILES string of the molecule is COC(=O)c1ccccc1C(=O)N1C[C@H](c2ccccc2)[C@@H](c2ncon2)C1. The molecule has 1 aliphatic heterocycles. The summed E-state index contributed by atoms with van der Waals surface area (Å²) >= 11 is 0. The van der Waals surface area contributed by atoms with Gasteiger partial charge in [0.2, 0.25) is 6.39 Å². The van der Waals surface area contributed by atoms with Crippen molar-refractivity contribution in [3.63, 3.8) is 0 Å². The van der Waals surface area contributed by atoms with Gasteiger partial charge >= 0.3 is 5.97 Å². The highest BCUT2D eigenvalue weighted by molar-refractivity contribution is 6.05. The third kappa shape index (κ3) is 3.26. The lowest BCUT2D eigenvalue weighted by atomic mass is 9.88. The van der Waals surface area contributed by atoms with Crippen molar-refractivity contribution in [2.75, 3.05) is 20.2 Å². The van der Waals surface area contributed by atoms with Crippen LogP contribution in [0, 0.1) is 0 Å². The topological polar surface area (TPSA) is 85.5 Å². The van der Waals surface area contributed by atoms with E-state index < -0.39 is 5.97 Å². The van der Waals surface area contributed by atoms with E-state index >= 15 is 0 Å². The second-order valence-corrected chi connectivity index (χ2v) is 6.66. The van der Waals surface area contributed by atoms with Gasteiger partial charge in [0.15, 0.2) is 5.82 Å². The summed E-state index contributed by atoms with van der Waals surface area (Å²) in [6.07, 6.45) is 1.30. The molecule has 0 spiro atoms. The molecule has 0 radical (unpaired) electrons. The first kappa shape index (κ1) is 17.9. The first-order valence-corrected chi connectivity index (χ1v) is 8.97. The zero-order valence-corrected chi connectivity index (χ0v) is 15.3. The van der Waals surface area contributed by atoms with E-state index in [-0.39, 0.29) is 23.3 Å². The van der Waals surface area contributed by atoms with E-state index in [1.165, 1.54) is 13.5 Å². The molecule has 0 saturated carbocycles. The van der Waals surface area contributed by atoms with Crippen molar-refractivity contribution in [1.82, 2.24) is 15.0 Å². The molecule has 0 aliphatic carbocycles. The number of likely N-dealkylation sites (tertiary alicyclic amines) is 1. The van der Waals surface area contributed by atoms with Crippen LogP contribution in [0.4, 0.5) is 0 Å². The average Bonchev–Trinajstić information content (AvgIpc) is 3.43. The molecule has 4 rings (SSSR count). The fourth-order valence-electron chi connectivity index (χ4n) is 3.74. The van der Waals surface area contributed by atoms with Crippen molar-refractivity contribution in [2.45, 2.75) is 11.8 Å². The molecule has 0 unspecified atom stereocenters. The Bertz CT molecular complexity index is 972. The number of carbonyl (C=O) groups excluding carboxylic acids is 2. The van der Waals surface area contributed by atoms with Gasteiger partial charge in [0, 0.05) is 24.9 Å². The molecule has 0 bridgehead atoms. The number of ether oxygens (including phenoxy) is 1. The predicted octanol–water partition coefficient (Wildman–Crippen LogP) is 2.88. The molecule has 0 N–H and O–H groups in total. The number of amides is 1. The van der Waals surface area contributed by atoms with Gasteiger partial charge in [-0.25, -0.2) is 4.79 Å². The molecule has 7 nitrogen and oxygen atoms in total. The lowest BCUT2D eigenvalue weighted by Gasteiger charge is -2.18. The molecule has 28 heavy (non-hydrogen) atoms. The maximum absolute atomic E-state index is 13.2. The number of aromatic nitrogens is 2. The maximum atomic E-state index is 13.2. The minimum Gasteiger partial charge on any atom is -0.465 e. The number of hydrogen-bond donors (Lipinski definition) is 0. The van der Waals surface area contributed by atoms with Gasteiger partial charge in [-0.05, 0) is 17.7 Å². The summed E-state index contributed by atoms with van der Waals surface area (Å²) in [5.41, 5.74) is 1.69. The van der Waals surface area contributed by atoms with Crippen LogP contribution < -0.4 is 0 Å². The molecular formula is C21H19N3O4. The third-order valence-corrected chi connectivity index (χ3v) is 5.11. The minimum atomic E-state index is -0.530. The monoisotopic (exact) mass is 377 g/mol. The summed E-state index contributed by atoms with van der Waals surface area (Å²) in [6, 6.07) is 16.7. The second-order valence-electron chi connectivity index (χ2n) is 6.66. The first-order chi connectivity index (χ1) is 13.7. The highest BCUT2D eigenvalue weighted by Crippen LogP contribution is 2.39. The van der Waals surface area contributed by atoms with Gasteiger partial charge in [0.1, 0.15) is 0 Å². The quantitative estimate of drug-likeness (QED) is 0.650. The smallest absolute Gasteiger partial charge is 0.338 e. The van der Waals surface area contributed by atoms with Crippen molar-refractivity contribution in [1.29, 1.82) is 0 Å². The van der Waals surface area contributed by atoms with Crippen molar-refractivity contribution in [3.05, 3.63) is 83.5 Å². The summed E-state index contributed by atoms with van der Waals surface area (Å²) in [5.74, 6) is -0.223. The highest BCUT2D eigenvalue weighted by atomic mass is 16.5. The molecule has 3 aromatic rings. The van der Waals surface area contributed by atoms with Crippen LogP contribution in [0.5, 0.6) is 0 Å². The van der Waals surface area contributed by atoms with Crippen LogP contribution >= 0.6 is 0 Å². The zero-order valence-electron chi connectivity index (χ0n) is 15.3. The number of hydrogen-bond acceptors (Lipinski definition) is 6. The van der Waals surface area contributed by atoms with Gasteiger partial charge in [-0.1, -0.05) is 47.6 Å². The molecule has 7 heteroatoms. The largest absolute Gasteiger partial charge is 0.465 e. The van der Waals surface area contributed by atoms with E-state index in [2.05, 4.69) is 10.1 Å². The Morgan fingerprint density at radius 1 is 1.00 bits per heavy atom. The Morgan fingerprint density at radius 2 is 1.68 bits per heavy atom.